The number of likely N-dealkylation sites (N-methyl/N-ethyl adjacent to an activating group) is 1. The van der Waals surface area contributed by atoms with Gasteiger partial charge in [0.25, 0.3) is 0 Å². The van der Waals surface area contributed by atoms with Crippen LogP contribution in [0.2, 0.25) is 0 Å². The first kappa shape index (κ1) is 13.0. The summed E-state index contributed by atoms with van der Waals surface area (Å²) in [6.45, 7) is 3.35. The molecule has 18 heavy (non-hydrogen) atoms. The van der Waals surface area contributed by atoms with Crippen LogP contribution in [0, 0.1) is 0 Å². The lowest BCUT2D eigenvalue weighted by Crippen LogP contribution is -2.40. The Kier molecular flexibility index (Phi) is 4.31. The molecule has 1 unspecified atom stereocenters. The molecule has 1 aromatic heterocycles. The number of nitrogens with zero attached hydrogens (tertiary/aromatic N) is 2. The highest BCUT2D eigenvalue weighted by atomic mass is 16.5. The molecule has 0 amide bonds. The van der Waals surface area contributed by atoms with Crippen molar-refractivity contribution < 1.29 is 9.53 Å². The highest BCUT2D eigenvalue weighted by Crippen LogP contribution is 2.16. The predicted octanol–water partition coefficient (Wildman–Crippen LogP) is 2.15. The molecule has 1 saturated heterocycles. The van der Waals surface area contributed by atoms with Crippen molar-refractivity contribution in [2.24, 2.45) is 0 Å². The topological polar surface area (TPSA) is 42.4 Å². The molecule has 2 rings (SSSR count). The second-order valence-electron chi connectivity index (χ2n) is 4.88. The van der Waals surface area contributed by atoms with E-state index in [0.29, 0.717) is 24.1 Å². The lowest BCUT2D eigenvalue weighted by Gasteiger charge is -2.31. The lowest BCUT2D eigenvalue weighted by atomic mass is 10.0. The maximum atomic E-state index is 11.1. The fourth-order valence-electron chi connectivity index (χ4n) is 2.21. The average Bonchev–Trinajstić information content (AvgIpc) is 2.38. The number of pyridine rings is 1. The highest BCUT2D eigenvalue weighted by molar-refractivity contribution is 5.93. The fraction of sp³-hybridized carbons (Fsp3) is 0.571. The molecule has 4 nitrogen and oxygen atoms in total. The van der Waals surface area contributed by atoms with Crippen LogP contribution < -0.4 is 4.74 Å². The summed E-state index contributed by atoms with van der Waals surface area (Å²) < 4.78 is 5.69. The number of piperidine rings is 1. The molecule has 1 atom stereocenters. The minimum absolute atomic E-state index is 0.0288. The molecular weight excluding hydrogens is 228 g/mol. The molecule has 0 radical (unpaired) electrons. The van der Waals surface area contributed by atoms with Crippen LogP contribution in [0.25, 0.3) is 0 Å². The standard InChI is InChI=1S/C14H20N2O2/c1-11(17)12-6-7-14(15-9-12)18-10-13-5-3-4-8-16(13)2/h6-7,9,13H,3-5,8,10H2,1-2H3. The minimum Gasteiger partial charge on any atom is -0.476 e. The van der Waals surface area contributed by atoms with Crippen LogP contribution in [-0.2, 0) is 0 Å². The summed E-state index contributed by atoms with van der Waals surface area (Å²) in [6.07, 6.45) is 5.30. The zero-order valence-corrected chi connectivity index (χ0v) is 11.1. The van der Waals surface area contributed by atoms with Gasteiger partial charge in [-0.2, -0.15) is 0 Å². The van der Waals surface area contributed by atoms with Crippen LogP contribution in [-0.4, -0.2) is 41.9 Å². The molecule has 4 heteroatoms. The molecule has 0 aromatic carbocycles. The molecule has 0 N–H and O–H groups in total. The Morgan fingerprint density at radius 1 is 1.50 bits per heavy atom. The van der Waals surface area contributed by atoms with E-state index in [0.717, 1.165) is 6.54 Å². The van der Waals surface area contributed by atoms with Gasteiger partial charge in [0.1, 0.15) is 6.61 Å². The quantitative estimate of drug-likeness (QED) is 0.766. The molecule has 1 aliphatic rings. The van der Waals surface area contributed by atoms with E-state index in [2.05, 4.69) is 16.9 Å². The minimum atomic E-state index is 0.0288. The third-order valence-electron chi connectivity index (χ3n) is 3.49. The van der Waals surface area contributed by atoms with E-state index in [1.54, 1.807) is 18.3 Å². The van der Waals surface area contributed by atoms with Gasteiger partial charge in [-0.15, -0.1) is 0 Å². The van der Waals surface area contributed by atoms with Gasteiger partial charge in [0.15, 0.2) is 5.78 Å². The molecule has 0 aliphatic carbocycles. The smallest absolute Gasteiger partial charge is 0.213 e. The number of ether oxygens (including phenoxy) is 1. The van der Waals surface area contributed by atoms with Crippen molar-refractivity contribution in [3.8, 4) is 5.88 Å². The van der Waals surface area contributed by atoms with E-state index >= 15 is 0 Å². The monoisotopic (exact) mass is 248 g/mol. The first-order chi connectivity index (χ1) is 8.66. The molecule has 2 heterocycles. The molecule has 1 aromatic rings. The van der Waals surface area contributed by atoms with Gasteiger partial charge in [0.2, 0.25) is 5.88 Å². The number of hydrogen-bond donors (Lipinski definition) is 0. The van der Waals surface area contributed by atoms with Crippen molar-refractivity contribution in [2.75, 3.05) is 20.2 Å². The zero-order chi connectivity index (χ0) is 13.0. The molecule has 98 valence electrons. The van der Waals surface area contributed by atoms with Gasteiger partial charge in [-0.05, 0) is 39.4 Å². The predicted molar refractivity (Wildman–Crippen MR) is 70.0 cm³/mol. The maximum absolute atomic E-state index is 11.1. The van der Waals surface area contributed by atoms with Crippen molar-refractivity contribution >= 4 is 5.78 Å². The van der Waals surface area contributed by atoms with E-state index in [1.807, 2.05) is 0 Å². The summed E-state index contributed by atoms with van der Waals surface area (Å²) in [7, 11) is 2.14. The molecule has 0 bridgehead atoms. The van der Waals surface area contributed by atoms with Crippen molar-refractivity contribution in [2.45, 2.75) is 32.2 Å². The first-order valence-electron chi connectivity index (χ1n) is 6.47. The van der Waals surface area contributed by atoms with Crippen LogP contribution in [0.5, 0.6) is 5.88 Å². The largest absolute Gasteiger partial charge is 0.476 e. The summed E-state index contributed by atoms with van der Waals surface area (Å²) in [5.74, 6) is 0.625. The average molecular weight is 248 g/mol. The summed E-state index contributed by atoms with van der Waals surface area (Å²) in [5.41, 5.74) is 0.622. The number of Topliss-reactive ketones (excluding diaryl/α,β-unsaturated/α-hetero) is 1. The van der Waals surface area contributed by atoms with Crippen molar-refractivity contribution in [3.63, 3.8) is 0 Å². The number of carbonyl (C=O) groups excluding carboxylic acids is 1. The second kappa shape index (κ2) is 5.96. The number of hydrogen-bond acceptors (Lipinski definition) is 4. The summed E-state index contributed by atoms with van der Waals surface area (Å²) in [4.78, 5) is 17.6. The number of rotatable bonds is 4. The van der Waals surface area contributed by atoms with Gasteiger partial charge < -0.3 is 9.64 Å². The van der Waals surface area contributed by atoms with E-state index in [4.69, 9.17) is 4.74 Å². The fourth-order valence-corrected chi connectivity index (χ4v) is 2.21. The van der Waals surface area contributed by atoms with Crippen LogP contribution >= 0.6 is 0 Å². The van der Waals surface area contributed by atoms with Gasteiger partial charge >= 0.3 is 0 Å². The summed E-state index contributed by atoms with van der Waals surface area (Å²) in [6, 6.07) is 4.00. The zero-order valence-electron chi connectivity index (χ0n) is 11.1. The van der Waals surface area contributed by atoms with Crippen LogP contribution in [0.3, 0.4) is 0 Å². The van der Waals surface area contributed by atoms with E-state index < -0.39 is 0 Å². The Hall–Kier alpha value is -1.42. The van der Waals surface area contributed by atoms with Gasteiger partial charge in [0, 0.05) is 23.9 Å². The lowest BCUT2D eigenvalue weighted by molar-refractivity contribution is 0.101. The SMILES string of the molecule is CC(=O)c1ccc(OCC2CCCCN2C)nc1. The van der Waals surface area contributed by atoms with Gasteiger partial charge in [-0.3, -0.25) is 4.79 Å². The van der Waals surface area contributed by atoms with E-state index in [1.165, 1.54) is 26.2 Å². The van der Waals surface area contributed by atoms with Crippen molar-refractivity contribution in [1.29, 1.82) is 0 Å². The first-order valence-corrected chi connectivity index (χ1v) is 6.47. The Labute approximate surface area is 108 Å². The summed E-state index contributed by atoms with van der Waals surface area (Å²) >= 11 is 0. The number of likely N-dealkylation sites (tertiary alicyclic amines) is 1. The Balaban J connectivity index is 1.87. The van der Waals surface area contributed by atoms with Gasteiger partial charge in [-0.25, -0.2) is 4.98 Å². The molecule has 1 aliphatic heterocycles. The molecular formula is C14H20N2O2. The van der Waals surface area contributed by atoms with Crippen molar-refractivity contribution in [3.05, 3.63) is 23.9 Å². The number of ketones is 1. The summed E-state index contributed by atoms with van der Waals surface area (Å²) in [5, 5.41) is 0. The normalized spacial score (nSPS) is 20.7. The van der Waals surface area contributed by atoms with Crippen LogP contribution in [0.15, 0.2) is 18.3 Å². The second-order valence-corrected chi connectivity index (χ2v) is 4.88. The van der Waals surface area contributed by atoms with Gasteiger partial charge in [0.05, 0.1) is 0 Å². The van der Waals surface area contributed by atoms with E-state index in [-0.39, 0.29) is 5.78 Å². The number of aromatic nitrogens is 1. The number of carbonyl (C=O) groups is 1. The Morgan fingerprint density at radius 3 is 2.94 bits per heavy atom. The molecule has 1 fully saturated rings. The molecule has 0 spiro atoms. The van der Waals surface area contributed by atoms with Gasteiger partial charge in [-0.1, -0.05) is 6.42 Å². The highest BCUT2D eigenvalue weighted by Gasteiger charge is 2.19. The maximum Gasteiger partial charge on any atom is 0.213 e. The van der Waals surface area contributed by atoms with Crippen LogP contribution in [0.4, 0.5) is 0 Å². The molecule has 0 saturated carbocycles. The third kappa shape index (κ3) is 3.29. The van der Waals surface area contributed by atoms with E-state index in [9.17, 15) is 4.79 Å². The Bertz CT molecular complexity index is 403. The Morgan fingerprint density at radius 2 is 2.33 bits per heavy atom. The van der Waals surface area contributed by atoms with Crippen molar-refractivity contribution in [1.82, 2.24) is 9.88 Å². The van der Waals surface area contributed by atoms with Crippen LogP contribution in [0.1, 0.15) is 36.5 Å². The third-order valence-corrected chi connectivity index (χ3v) is 3.49.